The van der Waals surface area contributed by atoms with Crippen molar-refractivity contribution < 1.29 is 0 Å². The van der Waals surface area contributed by atoms with Crippen molar-refractivity contribution in [2.45, 2.75) is 25.7 Å². The van der Waals surface area contributed by atoms with Crippen molar-refractivity contribution in [1.29, 1.82) is 0 Å². The van der Waals surface area contributed by atoms with E-state index in [2.05, 4.69) is 14.9 Å². The molecule has 0 aliphatic carbocycles. The molecule has 2 heterocycles. The standard InChI is InChI=1S/C10H15ClN4/c11-8-7-9(12)14-10(13-8)15-5-3-1-2-4-6-15/h7H,1-6H2,(H2,12,13,14). The summed E-state index contributed by atoms with van der Waals surface area (Å²) >= 11 is 5.85. The fourth-order valence-corrected chi connectivity index (χ4v) is 2.02. The minimum atomic E-state index is 0.418. The second-order valence-corrected chi connectivity index (χ2v) is 4.20. The van der Waals surface area contributed by atoms with E-state index in [-0.39, 0.29) is 0 Å². The third-order valence-electron chi connectivity index (χ3n) is 2.59. The van der Waals surface area contributed by atoms with Gasteiger partial charge in [0.25, 0.3) is 0 Å². The molecule has 82 valence electrons. The first-order valence-electron chi connectivity index (χ1n) is 5.31. The average Bonchev–Trinajstić information content (AvgIpc) is 2.43. The normalized spacial score (nSPS) is 17.5. The first kappa shape index (κ1) is 10.5. The fraction of sp³-hybridized carbons (Fsp3) is 0.600. The third-order valence-corrected chi connectivity index (χ3v) is 2.79. The highest BCUT2D eigenvalue weighted by molar-refractivity contribution is 6.29. The first-order chi connectivity index (χ1) is 7.25. The summed E-state index contributed by atoms with van der Waals surface area (Å²) in [5.41, 5.74) is 5.64. The number of nitrogen functional groups attached to an aromatic ring is 1. The zero-order valence-electron chi connectivity index (χ0n) is 8.62. The Kier molecular flexibility index (Phi) is 3.26. The highest BCUT2D eigenvalue weighted by Gasteiger charge is 2.13. The van der Waals surface area contributed by atoms with Crippen LogP contribution in [0.2, 0.25) is 5.15 Å². The van der Waals surface area contributed by atoms with Crippen molar-refractivity contribution in [2.24, 2.45) is 0 Å². The molecule has 0 amide bonds. The van der Waals surface area contributed by atoms with Gasteiger partial charge in [-0.1, -0.05) is 24.4 Å². The predicted molar refractivity (Wildman–Crippen MR) is 62.1 cm³/mol. The summed E-state index contributed by atoms with van der Waals surface area (Å²) in [4.78, 5) is 10.6. The van der Waals surface area contributed by atoms with Crippen LogP contribution in [0.1, 0.15) is 25.7 Å². The van der Waals surface area contributed by atoms with E-state index in [0.717, 1.165) is 13.1 Å². The van der Waals surface area contributed by atoms with Crippen LogP contribution in [0.3, 0.4) is 0 Å². The van der Waals surface area contributed by atoms with Crippen LogP contribution in [0.5, 0.6) is 0 Å². The molecule has 1 fully saturated rings. The second-order valence-electron chi connectivity index (χ2n) is 3.82. The highest BCUT2D eigenvalue weighted by atomic mass is 35.5. The lowest BCUT2D eigenvalue weighted by molar-refractivity contribution is 0.726. The largest absolute Gasteiger partial charge is 0.383 e. The lowest BCUT2D eigenvalue weighted by atomic mass is 10.2. The molecule has 4 nitrogen and oxygen atoms in total. The number of aromatic nitrogens is 2. The van der Waals surface area contributed by atoms with Crippen LogP contribution in [0, 0.1) is 0 Å². The van der Waals surface area contributed by atoms with Crippen molar-refractivity contribution in [1.82, 2.24) is 9.97 Å². The molecule has 0 saturated carbocycles. The van der Waals surface area contributed by atoms with Gasteiger partial charge in [0, 0.05) is 19.2 Å². The molecule has 0 bridgehead atoms. The number of hydrogen-bond donors (Lipinski definition) is 1. The molecule has 0 spiro atoms. The van der Waals surface area contributed by atoms with Crippen molar-refractivity contribution in [3.8, 4) is 0 Å². The predicted octanol–water partition coefficient (Wildman–Crippen LogP) is 2.09. The molecule has 1 aliphatic rings. The van der Waals surface area contributed by atoms with Gasteiger partial charge in [-0.05, 0) is 12.8 Å². The maximum absolute atomic E-state index is 5.85. The molecule has 1 saturated heterocycles. The van der Waals surface area contributed by atoms with E-state index >= 15 is 0 Å². The van der Waals surface area contributed by atoms with Gasteiger partial charge >= 0.3 is 0 Å². The molecule has 0 unspecified atom stereocenters. The van der Waals surface area contributed by atoms with Crippen LogP contribution < -0.4 is 10.6 Å². The lowest BCUT2D eigenvalue weighted by Gasteiger charge is -2.20. The molecule has 15 heavy (non-hydrogen) atoms. The van der Waals surface area contributed by atoms with E-state index in [1.807, 2.05) is 0 Å². The molecule has 0 radical (unpaired) electrons. The zero-order valence-corrected chi connectivity index (χ0v) is 9.37. The molecule has 0 atom stereocenters. The molecular formula is C10H15ClN4. The number of hydrogen-bond acceptors (Lipinski definition) is 4. The summed E-state index contributed by atoms with van der Waals surface area (Å²) in [6.07, 6.45) is 4.95. The van der Waals surface area contributed by atoms with Gasteiger partial charge in [0.1, 0.15) is 11.0 Å². The number of nitrogens with two attached hydrogens (primary N) is 1. The van der Waals surface area contributed by atoms with Crippen molar-refractivity contribution in [3.05, 3.63) is 11.2 Å². The summed E-state index contributed by atoms with van der Waals surface area (Å²) < 4.78 is 0. The van der Waals surface area contributed by atoms with Gasteiger partial charge in [-0.3, -0.25) is 0 Å². The summed E-state index contributed by atoms with van der Waals surface area (Å²) in [6, 6.07) is 1.57. The summed E-state index contributed by atoms with van der Waals surface area (Å²) in [5.74, 6) is 1.11. The van der Waals surface area contributed by atoms with Crippen molar-refractivity contribution >= 4 is 23.4 Å². The summed E-state index contributed by atoms with van der Waals surface area (Å²) in [7, 11) is 0. The monoisotopic (exact) mass is 226 g/mol. The smallest absolute Gasteiger partial charge is 0.228 e. The first-order valence-corrected chi connectivity index (χ1v) is 5.68. The van der Waals surface area contributed by atoms with E-state index in [4.69, 9.17) is 17.3 Å². The van der Waals surface area contributed by atoms with Crippen LogP contribution >= 0.6 is 11.6 Å². The number of halogens is 1. The summed E-state index contributed by atoms with van der Waals surface area (Å²) in [6.45, 7) is 2.00. The van der Waals surface area contributed by atoms with Gasteiger partial charge < -0.3 is 10.6 Å². The Morgan fingerprint density at radius 2 is 1.80 bits per heavy atom. The van der Waals surface area contributed by atoms with Crippen molar-refractivity contribution in [2.75, 3.05) is 23.7 Å². The zero-order chi connectivity index (χ0) is 10.7. The van der Waals surface area contributed by atoms with Crippen LogP contribution in [0.25, 0.3) is 0 Å². The van der Waals surface area contributed by atoms with Gasteiger partial charge in [0.15, 0.2) is 0 Å². The fourth-order valence-electron chi connectivity index (χ4n) is 1.83. The lowest BCUT2D eigenvalue weighted by Crippen LogP contribution is -2.26. The SMILES string of the molecule is Nc1cc(Cl)nc(N2CCCCCC2)n1. The van der Waals surface area contributed by atoms with Gasteiger partial charge in [-0.25, -0.2) is 4.98 Å². The minimum Gasteiger partial charge on any atom is -0.383 e. The van der Waals surface area contributed by atoms with Crippen LogP contribution in [0.4, 0.5) is 11.8 Å². The van der Waals surface area contributed by atoms with E-state index in [0.29, 0.717) is 16.9 Å². The Morgan fingerprint density at radius 1 is 1.13 bits per heavy atom. The van der Waals surface area contributed by atoms with Gasteiger partial charge in [-0.2, -0.15) is 4.98 Å². The molecule has 2 N–H and O–H groups in total. The Hall–Kier alpha value is -1.03. The van der Waals surface area contributed by atoms with Crippen LogP contribution in [0.15, 0.2) is 6.07 Å². The van der Waals surface area contributed by atoms with Crippen LogP contribution in [-0.2, 0) is 0 Å². The topological polar surface area (TPSA) is 55.0 Å². The maximum atomic E-state index is 5.85. The third kappa shape index (κ3) is 2.72. The average molecular weight is 227 g/mol. The van der Waals surface area contributed by atoms with Gasteiger partial charge in [-0.15, -0.1) is 0 Å². The maximum Gasteiger partial charge on any atom is 0.228 e. The molecule has 1 aliphatic heterocycles. The van der Waals surface area contributed by atoms with Gasteiger partial charge in [0.05, 0.1) is 0 Å². The van der Waals surface area contributed by atoms with Gasteiger partial charge in [0.2, 0.25) is 5.95 Å². The quantitative estimate of drug-likeness (QED) is 0.746. The molecule has 2 rings (SSSR count). The van der Waals surface area contributed by atoms with E-state index in [1.54, 1.807) is 6.07 Å². The Bertz CT molecular complexity index is 314. The molecule has 5 heteroatoms. The number of anilines is 2. The minimum absolute atomic E-state index is 0.418. The second kappa shape index (κ2) is 4.66. The molecule has 1 aromatic rings. The van der Waals surface area contributed by atoms with Crippen LogP contribution in [-0.4, -0.2) is 23.1 Å². The molecular weight excluding hydrogens is 212 g/mol. The molecule has 1 aromatic heterocycles. The number of nitrogens with zero attached hydrogens (tertiary/aromatic N) is 3. The highest BCUT2D eigenvalue weighted by Crippen LogP contribution is 2.18. The molecule has 0 aromatic carbocycles. The van der Waals surface area contributed by atoms with Crippen molar-refractivity contribution in [3.63, 3.8) is 0 Å². The van der Waals surface area contributed by atoms with E-state index in [9.17, 15) is 0 Å². The van der Waals surface area contributed by atoms with E-state index in [1.165, 1.54) is 25.7 Å². The summed E-state index contributed by atoms with van der Waals surface area (Å²) in [5, 5.41) is 0.418. The Morgan fingerprint density at radius 3 is 2.40 bits per heavy atom. The number of rotatable bonds is 1. The Labute approximate surface area is 94.5 Å². The van der Waals surface area contributed by atoms with E-state index < -0.39 is 0 Å². The Balaban J connectivity index is 2.19.